The normalized spacial score (nSPS) is 11.9. The van der Waals surface area contributed by atoms with Crippen LogP contribution in [0.3, 0.4) is 0 Å². The molecule has 0 aliphatic rings. The molecular formula is C61H36N2O3. The average Bonchev–Trinajstić information content (AvgIpc) is 4.07. The van der Waals surface area contributed by atoms with Crippen LogP contribution in [0.1, 0.15) is 0 Å². The summed E-state index contributed by atoms with van der Waals surface area (Å²) in [5, 5.41) is 11.3. The number of para-hydroxylation sites is 3. The first-order valence-corrected chi connectivity index (χ1v) is 22.2. The summed E-state index contributed by atoms with van der Waals surface area (Å²) in [5.74, 6) is 0. The van der Waals surface area contributed by atoms with E-state index in [1.807, 2.05) is 42.6 Å². The van der Waals surface area contributed by atoms with Gasteiger partial charge >= 0.3 is 0 Å². The average molecular weight is 845 g/mol. The van der Waals surface area contributed by atoms with Crippen LogP contribution >= 0.6 is 0 Å². The van der Waals surface area contributed by atoms with Crippen molar-refractivity contribution in [2.24, 2.45) is 0 Å². The van der Waals surface area contributed by atoms with Crippen LogP contribution in [0.25, 0.3) is 121 Å². The lowest BCUT2D eigenvalue weighted by atomic mass is 9.98. The maximum Gasteiger partial charge on any atom is 0.154 e. The van der Waals surface area contributed by atoms with Crippen LogP contribution in [0.15, 0.2) is 232 Å². The van der Waals surface area contributed by atoms with Gasteiger partial charge in [-0.15, -0.1) is 0 Å². The molecule has 0 fully saturated rings. The highest BCUT2D eigenvalue weighted by molar-refractivity contribution is 6.12. The Morgan fingerprint density at radius 3 is 1.27 bits per heavy atom. The zero-order valence-corrected chi connectivity index (χ0v) is 35.4. The molecule has 0 amide bonds. The van der Waals surface area contributed by atoms with E-state index < -0.39 is 0 Å². The highest BCUT2D eigenvalue weighted by Gasteiger charge is 2.18. The highest BCUT2D eigenvalue weighted by Crippen LogP contribution is 2.42. The molecule has 5 nitrogen and oxygen atoms in total. The van der Waals surface area contributed by atoms with E-state index in [4.69, 9.17) is 13.3 Å². The number of fused-ring (bicyclic) bond motifs is 11. The molecule has 4 aromatic heterocycles. The van der Waals surface area contributed by atoms with E-state index in [9.17, 15) is 0 Å². The second-order valence-corrected chi connectivity index (χ2v) is 17.2. The van der Waals surface area contributed by atoms with E-state index in [0.717, 1.165) is 138 Å². The topological polar surface area (TPSA) is 55.6 Å². The molecule has 0 aliphatic carbocycles. The number of pyridine rings is 1. The third kappa shape index (κ3) is 5.84. The zero-order chi connectivity index (χ0) is 43.3. The van der Waals surface area contributed by atoms with Crippen molar-refractivity contribution in [2.45, 2.75) is 0 Å². The van der Waals surface area contributed by atoms with Crippen LogP contribution in [-0.2, 0) is 0 Å². The molecule has 0 unspecified atom stereocenters. The molecule has 0 spiro atoms. The molecule has 0 radical (unpaired) electrons. The Morgan fingerprint density at radius 1 is 0.288 bits per heavy atom. The first-order chi connectivity index (χ1) is 32.6. The Kier molecular flexibility index (Phi) is 7.91. The summed E-state index contributed by atoms with van der Waals surface area (Å²) >= 11 is 0. The Balaban J connectivity index is 0.858. The van der Waals surface area contributed by atoms with Gasteiger partial charge in [0.05, 0.1) is 6.20 Å². The van der Waals surface area contributed by atoms with Crippen molar-refractivity contribution in [3.05, 3.63) is 219 Å². The number of rotatable bonds is 6. The number of nitrogens with zero attached hydrogens (tertiary/aromatic N) is 2. The van der Waals surface area contributed by atoms with Gasteiger partial charge in [-0.1, -0.05) is 115 Å². The number of hydrogen-bond donors (Lipinski definition) is 0. The molecule has 10 aromatic carbocycles. The summed E-state index contributed by atoms with van der Waals surface area (Å²) in [6.45, 7) is 0. The number of aromatic nitrogens is 1. The smallest absolute Gasteiger partial charge is 0.154 e. The van der Waals surface area contributed by atoms with Crippen LogP contribution in [-0.4, -0.2) is 4.98 Å². The Morgan fingerprint density at radius 2 is 0.697 bits per heavy atom. The zero-order valence-electron chi connectivity index (χ0n) is 35.4. The molecular weight excluding hydrogens is 809 g/mol. The van der Waals surface area contributed by atoms with Gasteiger partial charge < -0.3 is 18.2 Å². The molecule has 0 saturated heterocycles. The largest absolute Gasteiger partial charge is 0.456 e. The summed E-state index contributed by atoms with van der Waals surface area (Å²) in [6, 6.07) is 73.4. The second-order valence-electron chi connectivity index (χ2n) is 17.2. The standard InChI is InChI=1S/C61H36N2O3/c1-4-10-55-49(7-1)51-27-21-44(33-58(51)64-55)38-13-15-42-31-47(25-19-40(42)29-38)63(46-23-17-37(18-24-46)54-35-62-36-60-61(54)53-9-3-6-12-57(53)66-60)48-26-20-41-30-39(14-16-43(41)32-48)45-22-28-52-50-8-2-5-11-56(50)65-59(52)34-45/h1-36H. The molecule has 14 aromatic rings. The molecule has 14 rings (SSSR count). The third-order valence-corrected chi connectivity index (χ3v) is 13.3. The minimum Gasteiger partial charge on any atom is -0.456 e. The Bertz CT molecular complexity index is 4050. The first-order valence-electron chi connectivity index (χ1n) is 22.2. The Hall–Kier alpha value is -8.93. The van der Waals surface area contributed by atoms with E-state index in [1.165, 1.54) is 0 Å². The SMILES string of the molecule is c1ccc2c(c1)oc1cc(-c3ccc4cc(N(c5ccc(-c6cncc7oc8ccccc8c67)cc5)c5ccc6cc(-c7ccc8c(c7)oc7ccccc78)ccc6c5)ccc4c3)ccc12. The first kappa shape index (κ1) is 36.5. The van der Waals surface area contributed by atoms with Crippen molar-refractivity contribution in [3.8, 4) is 33.4 Å². The maximum absolute atomic E-state index is 6.25. The number of anilines is 3. The van der Waals surface area contributed by atoms with Crippen molar-refractivity contribution in [1.82, 2.24) is 4.98 Å². The van der Waals surface area contributed by atoms with E-state index in [2.05, 4.69) is 180 Å². The minimum absolute atomic E-state index is 0.781. The fourth-order valence-electron chi connectivity index (χ4n) is 10.0. The van der Waals surface area contributed by atoms with Crippen LogP contribution in [0, 0.1) is 0 Å². The van der Waals surface area contributed by atoms with Crippen molar-refractivity contribution in [1.29, 1.82) is 0 Å². The van der Waals surface area contributed by atoms with E-state index >= 15 is 0 Å². The van der Waals surface area contributed by atoms with Crippen molar-refractivity contribution < 1.29 is 13.3 Å². The van der Waals surface area contributed by atoms with Crippen LogP contribution < -0.4 is 4.90 Å². The number of benzene rings is 10. The summed E-state index contributed by atoms with van der Waals surface area (Å²) in [4.78, 5) is 6.93. The van der Waals surface area contributed by atoms with E-state index in [-0.39, 0.29) is 0 Å². The van der Waals surface area contributed by atoms with Gasteiger partial charge in [-0.2, -0.15) is 0 Å². The van der Waals surface area contributed by atoms with Crippen LogP contribution in [0.5, 0.6) is 0 Å². The van der Waals surface area contributed by atoms with Gasteiger partial charge in [0.2, 0.25) is 0 Å². The van der Waals surface area contributed by atoms with E-state index in [1.54, 1.807) is 6.20 Å². The van der Waals surface area contributed by atoms with Gasteiger partial charge in [-0.25, -0.2) is 0 Å². The van der Waals surface area contributed by atoms with Gasteiger partial charge in [-0.05, 0) is 140 Å². The lowest BCUT2D eigenvalue weighted by molar-refractivity contribution is 0.667. The summed E-state index contributed by atoms with van der Waals surface area (Å²) in [6.07, 6.45) is 3.74. The van der Waals surface area contributed by atoms with Crippen LogP contribution in [0.2, 0.25) is 0 Å². The highest BCUT2D eigenvalue weighted by atomic mass is 16.3. The molecule has 66 heavy (non-hydrogen) atoms. The second kappa shape index (κ2) is 14.3. The molecule has 4 heterocycles. The van der Waals surface area contributed by atoms with Gasteiger partial charge in [0.15, 0.2) is 5.58 Å². The quantitative estimate of drug-likeness (QED) is 0.167. The maximum atomic E-state index is 6.25. The lowest BCUT2D eigenvalue weighted by Gasteiger charge is -2.26. The number of furan rings is 3. The monoisotopic (exact) mass is 844 g/mol. The number of hydrogen-bond acceptors (Lipinski definition) is 5. The molecule has 0 bridgehead atoms. The summed E-state index contributed by atoms with van der Waals surface area (Å²) < 4.78 is 18.7. The van der Waals surface area contributed by atoms with Gasteiger partial charge in [-0.3, -0.25) is 4.98 Å². The van der Waals surface area contributed by atoms with Crippen molar-refractivity contribution >= 4 is 104 Å². The van der Waals surface area contributed by atoms with Gasteiger partial charge in [0.1, 0.15) is 27.9 Å². The predicted octanol–water partition coefficient (Wildman–Crippen LogP) is 17.6. The fourth-order valence-corrected chi connectivity index (χ4v) is 10.0. The molecule has 0 atom stereocenters. The molecule has 0 saturated carbocycles. The summed E-state index contributed by atoms with van der Waals surface area (Å²) in [5.41, 5.74) is 15.1. The predicted molar refractivity (Wildman–Crippen MR) is 272 cm³/mol. The minimum atomic E-state index is 0.781. The molecule has 5 heteroatoms. The molecule has 0 aliphatic heterocycles. The summed E-state index contributed by atoms with van der Waals surface area (Å²) in [7, 11) is 0. The van der Waals surface area contributed by atoms with Crippen LogP contribution in [0.4, 0.5) is 17.1 Å². The van der Waals surface area contributed by atoms with Gasteiger partial charge in [0.25, 0.3) is 0 Å². The Labute approximate surface area is 378 Å². The molecule has 0 N–H and O–H groups in total. The van der Waals surface area contributed by atoms with E-state index in [0.29, 0.717) is 0 Å². The third-order valence-electron chi connectivity index (χ3n) is 13.3. The van der Waals surface area contributed by atoms with Gasteiger partial charge in [0, 0.05) is 61.1 Å². The van der Waals surface area contributed by atoms with Crippen molar-refractivity contribution in [2.75, 3.05) is 4.90 Å². The fraction of sp³-hybridized carbons (Fsp3) is 0. The van der Waals surface area contributed by atoms with Crippen molar-refractivity contribution in [3.63, 3.8) is 0 Å². The lowest BCUT2D eigenvalue weighted by Crippen LogP contribution is -2.10. The molecule has 308 valence electrons.